The number of urea groups is 1. The molecule has 8 nitrogen and oxygen atoms in total. The Morgan fingerprint density at radius 3 is 2.69 bits per heavy atom. The Morgan fingerprint density at radius 2 is 1.96 bits per heavy atom. The van der Waals surface area contributed by atoms with Crippen LogP contribution in [0.3, 0.4) is 0 Å². The zero-order valence-electron chi connectivity index (χ0n) is 15.0. The Labute approximate surface area is 152 Å². The number of likely N-dealkylation sites (N-methyl/N-ethyl adjacent to an activating group) is 1. The van der Waals surface area contributed by atoms with Gasteiger partial charge in [0, 0.05) is 32.4 Å². The third-order valence-electron chi connectivity index (χ3n) is 5.11. The van der Waals surface area contributed by atoms with E-state index in [0.717, 1.165) is 18.2 Å². The van der Waals surface area contributed by atoms with Gasteiger partial charge in [-0.1, -0.05) is 18.2 Å². The van der Waals surface area contributed by atoms with Crippen molar-refractivity contribution in [1.82, 2.24) is 14.7 Å². The zero-order chi connectivity index (χ0) is 18.3. The lowest BCUT2D eigenvalue weighted by Gasteiger charge is -2.40. The van der Waals surface area contributed by atoms with E-state index in [1.165, 1.54) is 4.90 Å². The van der Waals surface area contributed by atoms with E-state index in [9.17, 15) is 9.59 Å². The van der Waals surface area contributed by atoms with Crippen molar-refractivity contribution in [3.05, 3.63) is 30.3 Å². The maximum absolute atomic E-state index is 13.0. The normalized spacial score (nSPS) is 24.9. The molecule has 0 spiro atoms. The minimum absolute atomic E-state index is 0.188. The second-order valence-electron chi connectivity index (χ2n) is 6.55. The quantitative estimate of drug-likeness (QED) is 0.730. The van der Waals surface area contributed by atoms with Crippen LogP contribution >= 0.6 is 0 Å². The molecular weight excluding hydrogens is 334 g/mol. The average molecular weight is 357 g/mol. The van der Waals surface area contributed by atoms with Gasteiger partial charge in [0.05, 0.1) is 13.2 Å². The summed E-state index contributed by atoms with van der Waals surface area (Å²) >= 11 is 0. The second-order valence-corrected chi connectivity index (χ2v) is 6.55. The third-order valence-corrected chi connectivity index (χ3v) is 5.11. The van der Waals surface area contributed by atoms with Crippen molar-refractivity contribution in [1.29, 1.82) is 0 Å². The number of anilines is 1. The van der Waals surface area contributed by atoms with Crippen molar-refractivity contribution in [3.8, 4) is 0 Å². The van der Waals surface area contributed by atoms with E-state index in [2.05, 4.69) is 4.90 Å². The number of imide groups is 1. The lowest BCUT2D eigenvalue weighted by molar-refractivity contribution is -0.138. The molecule has 8 heteroatoms. The molecule has 3 heterocycles. The predicted octanol–water partition coefficient (Wildman–Crippen LogP) is 0.803. The first-order chi connectivity index (χ1) is 12.6. The number of nitrogens with zero attached hydrogens (tertiary/aromatic N) is 5. The number of fused-ring (bicyclic) bond motifs is 3. The molecule has 2 fully saturated rings. The highest BCUT2D eigenvalue weighted by Crippen LogP contribution is 2.33. The Balaban J connectivity index is 1.59. The number of guanidine groups is 1. The van der Waals surface area contributed by atoms with E-state index in [-0.39, 0.29) is 18.5 Å². The van der Waals surface area contributed by atoms with Crippen molar-refractivity contribution in [3.63, 3.8) is 0 Å². The van der Waals surface area contributed by atoms with Crippen molar-refractivity contribution in [2.24, 2.45) is 4.99 Å². The number of benzene rings is 1. The average Bonchev–Trinajstić information content (AvgIpc) is 3.23. The van der Waals surface area contributed by atoms with Crippen molar-refractivity contribution in [2.45, 2.75) is 19.1 Å². The summed E-state index contributed by atoms with van der Waals surface area (Å²) in [6, 6.07) is 9.22. The summed E-state index contributed by atoms with van der Waals surface area (Å²) in [5.41, 5.74) is 1.04. The van der Waals surface area contributed by atoms with Crippen LogP contribution < -0.4 is 4.90 Å². The van der Waals surface area contributed by atoms with Gasteiger partial charge in [-0.05, 0) is 19.1 Å². The molecule has 3 amide bonds. The highest BCUT2D eigenvalue weighted by atomic mass is 16.5. The fourth-order valence-electron chi connectivity index (χ4n) is 3.80. The minimum Gasteiger partial charge on any atom is -0.380 e. The van der Waals surface area contributed by atoms with Crippen LogP contribution in [-0.4, -0.2) is 84.7 Å². The van der Waals surface area contributed by atoms with E-state index in [1.807, 2.05) is 42.2 Å². The van der Waals surface area contributed by atoms with Crippen LogP contribution in [0.15, 0.2) is 35.3 Å². The molecule has 0 radical (unpaired) electrons. The predicted molar refractivity (Wildman–Crippen MR) is 96.9 cm³/mol. The summed E-state index contributed by atoms with van der Waals surface area (Å²) in [6.07, 6.45) is -0.472. The smallest absolute Gasteiger partial charge is 0.328 e. The summed E-state index contributed by atoms with van der Waals surface area (Å²) in [5.74, 6) is 0.581. The van der Waals surface area contributed by atoms with Gasteiger partial charge in [-0.2, -0.15) is 0 Å². The summed E-state index contributed by atoms with van der Waals surface area (Å²) in [5, 5.41) is 0. The van der Waals surface area contributed by atoms with Crippen molar-refractivity contribution in [2.75, 3.05) is 44.8 Å². The maximum Gasteiger partial charge on any atom is 0.328 e. The molecule has 2 atom stereocenters. The molecule has 0 N–H and O–H groups in total. The summed E-state index contributed by atoms with van der Waals surface area (Å²) in [6.45, 7) is 4.55. The Kier molecular flexibility index (Phi) is 4.28. The summed E-state index contributed by atoms with van der Waals surface area (Å²) in [4.78, 5) is 37.4. The van der Waals surface area contributed by atoms with Gasteiger partial charge in [-0.25, -0.2) is 9.79 Å². The van der Waals surface area contributed by atoms with Crippen LogP contribution in [0.5, 0.6) is 0 Å². The van der Waals surface area contributed by atoms with E-state index in [1.54, 1.807) is 11.9 Å². The standard InChI is InChI=1S/C18H23N5O3/c1-3-26-12-11-23-16(24)14-15(20(2)18(23)25)19-17-21(9-10-22(14)17)13-7-5-4-6-8-13/h4-8,14-15H,3,9-12H2,1-2H3. The Hall–Kier alpha value is -2.61. The highest BCUT2D eigenvalue weighted by Gasteiger charge is 2.54. The van der Waals surface area contributed by atoms with Crippen molar-refractivity contribution >= 4 is 23.6 Å². The number of ether oxygens (including phenoxy) is 1. The van der Waals surface area contributed by atoms with Crippen LogP contribution in [0, 0.1) is 0 Å². The number of rotatable bonds is 5. The van der Waals surface area contributed by atoms with Crippen LogP contribution in [-0.2, 0) is 9.53 Å². The van der Waals surface area contributed by atoms with Gasteiger partial charge >= 0.3 is 6.03 Å². The van der Waals surface area contributed by atoms with Gasteiger partial charge in [0.2, 0.25) is 5.96 Å². The molecule has 3 aliphatic rings. The third kappa shape index (κ3) is 2.52. The Morgan fingerprint density at radius 1 is 1.19 bits per heavy atom. The SMILES string of the molecule is CCOCCN1C(=O)C2C(N=C3N(c4ccccc4)CCN32)N(C)C1=O. The molecule has 26 heavy (non-hydrogen) atoms. The van der Waals surface area contributed by atoms with Gasteiger partial charge < -0.3 is 19.4 Å². The molecular formula is C18H23N5O3. The maximum atomic E-state index is 13.0. The molecule has 3 aliphatic heterocycles. The summed E-state index contributed by atoms with van der Waals surface area (Å²) < 4.78 is 5.33. The molecule has 2 unspecified atom stereocenters. The number of carbonyl (C=O) groups excluding carboxylic acids is 2. The van der Waals surface area contributed by atoms with Crippen molar-refractivity contribution < 1.29 is 14.3 Å². The fraction of sp³-hybridized carbons (Fsp3) is 0.500. The molecule has 4 rings (SSSR count). The molecule has 2 saturated heterocycles. The molecule has 1 aromatic rings. The molecule has 0 aliphatic carbocycles. The first kappa shape index (κ1) is 16.8. The number of hydrogen-bond donors (Lipinski definition) is 0. The highest BCUT2D eigenvalue weighted by molar-refractivity contribution is 6.07. The van der Waals surface area contributed by atoms with Crippen LogP contribution in [0.1, 0.15) is 6.92 Å². The lowest BCUT2D eigenvalue weighted by atomic mass is 10.1. The second kappa shape index (κ2) is 6.60. The molecule has 0 bridgehead atoms. The number of aliphatic imine (C=N–C) groups is 1. The molecule has 1 aromatic carbocycles. The first-order valence-electron chi connectivity index (χ1n) is 8.96. The van der Waals surface area contributed by atoms with Gasteiger partial charge in [-0.15, -0.1) is 0 Å². The van der Waals surface area contributed by atoms with Crippen LogP contribution in [0.25, 0.3) is 0 Å². The topological polar surface area (TPSA) is 68.7 Å². The van der Waals surface area contributed by atoms with E-state index >= 15 is 0 Å². The zero-order valence-corrected chi connectivity index (χ0v) is 15.0. The minimum atomic E-state index is -0.472. The molecule has 0 saturated carbocycles. The number of hydrogen-bond acceptors (Lipinski definition) is 6. The van der Waals surface area contributed by atoms with E-state index < -0.39 is 12.2 Å². The van der Waals surface area contributed by atoms with Crippen LogP contribution in [0.4, 0.5) is 10.5 Å². The van der Waals surface area contributed by atoms with Crippen LogP contribution in [0.2, 0.25) is 0 Å². The number of para-hydroxylation sites is 1. The first-order valence-corrected chi connectivity index (χ1v) is 8.96. The molecule has 138 valence electrons. The molecule has 0 aromatic heterocycles. The Bertz CT molecular complexity index is 738. The number of carbonyl (C=O) groups is 2. The van der Waals surface area contributed by atoms with E-state index in [4.69, 9.17) is 9.73 Å². The number of amides is 3. The fourth-order valence-corrected chi connectivity index (χ4v) is 3.80. The van der Waals surface area contributed by atoms with Gasteiger partial charge in [-0.3, -0.25) is 9.69 Å². The van der Waals surface area contributed by atoms with Gasteiger partial charge in [0.15, 0.2) is 12.2 Å². The monoisotopic (exact) mass is 357 g/mol. The largest absolute Gasteiger partial charge is 0.380 e. The van der Waals surface area contributed by atoms with E-state index in [0.29, 0.717) is 19.8 Å². The van der Waals surface area contributed by atoms with Gasteiger partial charge in [0.1, 0.15) is 0 Å². The lowest BCUT2D eigenvalue weighted by Crippen LogP contribution is -2.65. The van der Waals surface area contributed by atoms with Gasteiger partial charge in [0.25, 0.3) is 5.91 Å². The summed E-state index contributed by atoms with van der Waals surface area (Å²) in [7, 11) is 1.71.